The number of hydrogen-bond acceptors (Lipinski definition) is 12. The summed E-state index contributed by atoms with van der Waals surface area (Å²) in [5.41, 5.74) is 3.99. The molecule has 15 heteroatoms. The van der Waals surface area contributed by atoms with E-state index in [0.29, 0.717) is 66.4 Å². The van der Waals surface area contributed by atoms with Crippen LogP contribution < -0.4 is 24.6 Å². The van der Waals surface area contributed by atoms with E-state index in [2.05, 4.69) is 49.2 Å². The van der Waals surface area contributed by atoms with Crippen LogP contribution in [0.15, 0.2) is 60.7 Å². The number of anilines is 2. The number of amides is 4. The quantitative estimate of drug-likeness (QED) is 0.223. The summed E-state index contributed by atoms with van der Waals surface area (Å²) in [6, 6.07) is 17.7. The Hall–Kier alpha value is -4.99. The Morgan fingerprint density at radius 2 is 1.40 bits per heavy atom. The van der Waals surface area contributed by atoms with Gasteiger partial charge in [-0.15, -0.1) is 0 Å². The van der Waals surface area contributed by atoms with Gasteiger partial charge in [-0.05, 0) is 111 Å². The highest BCUT2D eigenvalue weighted by atomic mass is 32.2. The van der Waals surface area contributed by atoms with Crippen LogP contribution in [-0.4, -0.2) is 138 Å². The lowest BCUT2D eigenvalue weighted by atomic mass is 9.78. The molecule has 332 valence electrons. The van der Waals surface area contributed by atoms with Crippen molar-refractivity contribution in [3.05, 3.63) is 82.9 Å². The minimum atomic E-state index is -3.61. The lowest BCUT2D eigenvalue weighted by Crippen LogP contribution is -2.49. The number of methoxy groups -OCH3 is 1. The van der Waals surface area contributed by atoms with E-state index in [9.17, 15) is 27.6 Å². The second-order valence-electron chi connectivity index (χ2n) is 17.6. The topological polar surface area (TPSA) is 149 Å². The second kappa shape index (κ2) is 18.8. The van der Waals surface area contributed by atoms with Gasteiger partial charge in [0.15, 0.2) is 11.5 Å². The molecule has 4 saturated heterocycles. The number of nitrogens with one attached hydrogen (secondary N) is 1. The molecular weight excluding hydrogens is 809 g/mol. The van der Waals surface area contributed by atoms with Crippen molar-refractivity contribution in [3.8, 4) is 11.5 Å². The number of piperazine rings is 1. The summed E-state index contributed by atoms with van der Waals surface area (Å²) >= 11 is 0. The first-order valence-electron chi connectivity index (χ1n) is 22.3. The van der Waals surface area contributed by atoms with E-state index in [-0.39, 0.29) is 17.7 Å². The van der Waals surface area contributed by atoms with E-state index in [0.717, 1.165) is 80.9 Å². The van der Waals surface area contributed by atoms with Crippen LogP contribution >= 0.6 is 0 Å². The van der Waals surface area contributed by atoms with E-state index >= 15 is 0 Å². The molecule has 0 bridgehead atoms. The summed E-state index contributed by atoms with van der Waals surface area (Å²) in [4.78, 5) is 63.1. The number of rotatable bonds is 14. The molecule has 14 nitrogen and oxygen atoms in total. The van der Waals surface area contributed by atoms with Gasteiger partial charge in [0.2, 0.25) is 11.8 Å². The van der Waals surface area contributed by atoms with E-state index in [4.69, 9.17) is 9.47 Å². The van der Waals surface area contributed by atoms with Crippen LogP contribution in [0, 0.1) is 11.8 Å². The zero-order valence-electron chi connectivity index (χ0n) is 36.2. The van der Waals surface area contributed by atoms with Crippen molar-refractivity contribution in [2.75, 3.05) is 101 Å². The van der Waals surface area contributed by atoms with Crippen molar-refractivity contribution in [1.82, 2.24) is 20.0 Å². The molecule has 1 N–H and O–H groups in total. The maximum atomic E-state index is 14.3. The highest BCUT2D eigenvalue weighted by Gasteiger charge is 2.44. The van der Waals surface area contributed by atoms with Crippen LogP contribution in [0.2, 0.25) is 0 Å². The molecule has 0 saturated carbocycles. The van der Waals surface area contributed by atoms with Crippen LogP contribution in [0.25, 0.3) is 0 Å². The first-order valence-corrected chi connectivity index (χ1v) is 24.3. The molecule has 0 aliphatic carbocycles. The first kappa shape index (κ1) is 43.7. The average Bonchev–Trinajstić information content (AvgIpc) is 3.53. The molecule has 0 aromatic heterocycles. The number of hydrogen-bond donors (Lipinski definition) is 1. The zero-order valence-corrected chi connectivity index (χ0v) is 37.0. The van der Waals surface area contributed by atoms with E-state index < -0.39 is 33.4 Å². The highest BCUT2D eigenvalue weighted by molar-refractivity contribution is 7.90. The monoisotopic (exact) mass is 868 g/mol. The third-order valence-electron chi connectivity index (χ3n) is 13.8. The normalized spacial score (nSPS) is 21.6. The van der Waals surface area contributed by atoms with E-state index in [1.807, 2.05) is 13.0 Å². The summed E-state index contributed by atoms with van der Waals surface area (Å²) in [7, 11) is -2.09. The summed E-state index contributed by atoms with van der Waals surface area (Å²) < 4.78 is 36.7. The van der Waals surface area contributed by atoms with Crippen molar-refractivity contribution < 1.29 is 37.1 Å². The lowest BCUT2D eigenvalue weighted by Gasteiger charge is -2.42. The fourth-order valence-corrected chi connectivity index (χ4v) is 11.2. The van der Waals surface area contributed by atoms with Crippen LogP contribution in [-0.2, 0) is 19.4 Å². The Kier molecular flexibility index (Phi) is 13.2. The number of sulfone groups is 1. The standard InChI is InChI=1S/C47H60N6O8S/c1-4-61-42-30-35(10-14-41(42)60-2)40(31-62(3,58)59)53-46(56)38-6-5-7-39(44(38)47(53)57)52-28-26-50(27-29-52)25-24-49-20-16-32(17-21-49)33-18-22-51(23-19-33)36-11-8-34(9-12-36)37-13-15-43(54)48-45(37)55/h5-12,14,30,32-33,37,40H,4,13,15-29,31H2,1-3H3,(H,48,54,55)/t37?,40-/m1/s1. The molecule has 5 aliphatic heterocycles. The number of piperidine rings is 3. The van der Waals surface area contributed by atoms with Gasteiger partial charge in [0.25, 0.3) is 11.8 Å². The van der Waals surface area contributed by atoms with Gasteiger partial charge in [-0.3, -0.25) is 34.3 Å². The summed E-state index contributed by atoms with van der Waals surface area (Å²) in [6.45, 7) is 11.7. The molecule has 2 atom stereocenters. The molecule has 0 radical (unpaired) electrons. The van der Waals surface area contributed by atoms with Crippen LogP contribution in [0.4, 0.5) is 11.4 Å². The first-order chi connectivity index (χ1) is 29.9. The summed E-state index contributed by atoms with van der Waals surface area (Å²) in [5, 5.41) is 2.47. The number of ether oxygens (including phenoxy) is 2. The average molecular weight is 869 g/mol. The fraction of sp³-hybridized carbons (Fsp3) is 0.532. The van der Waals surface area contributed by atoms with Crippen molar-refractivity contribution in [2.24, 2.45) is 11.8 Å². The van der Waals surface area contributed by atoms with Crippen molar-refractivity contribution in [2.45, 2.75) is 57.4 Å². The molecule has 3 aromatic carbocycles. The minimum Gasteiger partial charge on any atom is -0.493 e. The number of fused-ring (bicyclic) bond motifs is 1. The third kappa shape index (κ3) is 9.49. The number of carbonyl (C=O) groups is 4. The second-order valence-corrected chi connectivity index (χ2v) is 19.7. The van der Waals surface area contributed by atoms with Crippen LogP contribution in [0.3, 0.4) is 0 Å². The molecule has 3 aromatic rings. The molecule has 4 fully saturated rings. The van der Waals surface area contributed by atoms with Crippen molar-refractivity contribution in [3.63, 3.8) is 0 Å². The number of benzene rings is 3. The predicted octanol–water partition coefficient (Wildman–Crippen LogP) is 4.75. The van der Waals surface area contributed by atoms with Gasteiger partial charge in [-0.25, -0.2) is 8.42 Å². The Morgan fingerprint density at radius 1 is 0.742 bits per heavy atom. The summed E-state index contributed by atoms with van der Waals surface area (Å²) in [5.74, 6) is 0.357. The van der Waals surface area contributed by atoms with Crippen molar-refractivity contribution >= 4 is 44.8 Å². The van der Waals surface area contributed by atoms with Crippen molar-refractivity contribution in [1.29, 1.82) is 0 Å². The molecule has 5 heterocycles. The molecule has 0 spiro atoms. The Balaban J connectivity index is 0.807. The Morgan fingerprint density at radius 3 is 2.03 bits per heavy atom. The number of carbonyl (C=O) groups excluding carboxylic acids is 4. The van der Waals surface area contributed by atoms with E-state index in [1.54, 1.807) is 30.3 Å². The van der Waals surface area contributed by atoms with Crippen LogP contribution in [0.5, 0.6) is 11.5 Å². The van der Waals surface area contributed by atoms with Gasteiger partial charge in [0.05, 0.1) is 48.2 Å². The van der Waals surface area contributed by atoms with E-state index in [1.165, 1.54) is 38.5 Å². The predicted molar refractivity (Wildman–Crippen MR) is 238 cm³/mol. The minimum absolute atomic E-state index is 0.184. The molecule has 4 amide bonds. The van der Waals surface area contributed by atoms with Gasteiger partial charge >= 0.3 is 0 Å². The molecule has 8 rings (SSSR count). The van der Waals surface area contributed by atoms with Gasteiger partial charge in [0, 0.05) is 70.7 Å². The van der Waals surface area contributed by atoms with Gasteiger partial charge in [-0.1, -0.05) is 24.3 Å². The SMILES string of the molecule is CCOc1cc([C@@H](CS(C)(=O)=O)N2C(=O)c3cccc(N4CCN(CCN5CCC(C6CCN(c7ccc(C8CCC(=O)NC8=O)cc7)CC6)CC5)CC4)c3C2=O)ccc1OC. The maximum Gasteiger partial charge on any atom is 0.264 e. The van der Waals surface area contributed by atoms with Gasteiger partial charge in [-0.2, -0.15) is 0 Å². The number of nitrogens with zero attached hydrogens (tertiary/aromatic N) is 5. The highest BCUT2D eigenvalue weighted by Crippen LogP contribution is 2.40. The lowest BCUT2D eigenvalue weighted by molar-refractivity contribution is -0.134. The molecule has 62 heavy (non-hydrogen) atoms. The Bertz CT molecular complexity index is 2250. The smallest absolute Gasteiger partial charge is 0.264 e. The molecular formula is C47H60N6O8S. The van der Waals surface area contributed by atoms with Gasteiger partial charge in [0.1, 0.15) is 9.84 Å². The third-order valence-corrected chi connectivity index (χ3v) is 14.7. The largest absolute Gasteiger partial charge is 0.493 e. The molecule has 1 unspecified atom stereocenters. The van der Waals surface area contributed by atoms with Gasteiger partial charge < -0.3 is 24.2 Å². The number of likely N-dealkylation sites (tertiary alicyclic amines) is 1. The molecule has 5 aliphatic rings. The Labute approximate surface area is 365 Å². The zero-order chi connectivity index (χ0) is 43.5. The fourth-order valence-electron chi connectivity index (χ4n) is 10.3. The maximum absolute atomic E-state index is 14.3. The number of imide groups is 2. The van der Waals surface area contributed by atoms with Crippen LogP contribution in [0.1, 0.15) is 89.3 Å². The summed E-state index contributed by atoms with van der Waals surface area (Å²) in [6.07, 6.45) is 6.94.